The fraction of sp³-hybridized carbons (Fsp3) is 0.500. The standard InChI is InChI=1S/C20H24O4/c1-13-8-15-12-23-18(22)20(15,10-13)11-14-6-5-7-16(9-14)24-17(21)19(2,3)4/h5-7,9,15H,1,8,10-12H2,2-4H3/t15-,20+/m0/s1. The van der Waals surface area contributed by atoms with E-state index in [0.29, 0.717) is 25.2 Å². The molecular formula is C20H24O4. The van der Waals surface area contributed by atoms with Crippen LogP contribution in [0.2, 0.25) is 0 Å². The minimum absolute atomic E-state index is 0.122. The molecule has 0 radical (unpaired) electrons. The molecule has 1 saturated heterocycles. The molecule has 1 saturated carbocycles. The Morgan fingerprint density at radius 3 is 2.88 bits per heavy atom. The van der Waals surface area contributed by atoms with E-state index in [1.807, 2.05) is 39.0 Å². The number of esters is 2. The topological polar surface area (TPSA) is 52.6 Å². The van der Waals surface area contributed by atoms with E-state index >= 15 is 0 Å². The monoisotopic (exact) mass is 328 g/mol. The van der Waals surface area contributed by atoms with Crippen molar-refractivity contribution in [2.45, 2.75) is 40.0 Å². The summed E-state index contributed by atoms with van der Waals surface area (Å²) in [4.78, 5) is 24.4. The zero-order valence-corrected chi connectivity index (χ0v) is 14.6. The first-order valence-corrected chi connectivity index (χ1v) is 8.36. The molecule has 2 fully saturated rings. The van der Waals surface area contributed by atoms with E-state index in [0.717, 1.165) is 17.6 Å². The third-order valence-corrected chi connectivity index (χ3v) is 4.95. The minimum Gasteiger partial charge on any atom is -0.465 e. The Morgan fingerprint density at radius 2 is 2.17 bits per heavy atom. The first kappa shape index (κ1) is 16.7. The molecule has 0 aromatic heterocycles. The van der Waals surface area contributed by atoms with Crippen LogP contribution in [0, 0.1) is 16.7 Å². The molecule has 1 aromatic carbocycles. The number of rotatable bonds is 3. The molecular weight excluding hydrogens is 304 g/mol. The molecule has 24 heavy (non-hydrogen) atoms. The van der Waals surface area contributed by atoms with E-state index < -0.39 is 10.8 Å². The lowest BCUT2D eigenvalue weighted by atomic mass is 9.75. The minimum atomic E-state index is -0.557. The van der Waals surface area contributed by atoms with Gasteiger partial charge in [-0.25, -0.2) is 0 Å². The van der Waals surface area contributed by atoms with Gasteiger partial charge in [-0.05, 0) is 57.7 Å². The van der Waals surface area contributed by atoms with Gasteiger partial charge in [-0.3, -0.25) is 9.59 Å². The van der Waals surface area contributed by atoms with Gasteiger partial charge in [0.05, 0.1) is 17.4 Å². The lowest BCUT2D eigenvalue weighted by Crippen LogP contribution is -2.31. The molecule has 2 aliphatic rings. The van der Waals surface area contributed by atoms with Gasteiger partial charge in [0.1, 0.15) is 5.75 Å². The molecule has 2 atom stereocenters. The lowest BCUT2D eigenvalue weighted by Gasteiger charge is -2.24. The van der Waals surface area contributed by atoms with Crippen LogP contribution in [0.4, 0.5) is 0 Å². The maximum atomic E-state index is 12.4. The Hall–Kier alpha value is -2.10. The van der Waals surface area contributed by atoms with Crippen molar-refractivity contribution in [1.82, 2.24) is 0 Å². The summed E-state index contributed by atoms with van der Waals surface area (Å²) in [7, 11) is 0. The van der Waals surface area contributed by atoms with Crippen LogP contribution in [0.5, 0.6) is 5.75 Å². The van der Waals surface area contributed by atoms with Gasteiger partial charge in [-0.15, -0.1) is 0 Å². The quantitative estimate of drug-likeness (QED) is 0.482. The molecule has 1 heterocycles. The smallest absolute Gasteiger partial charge is 0.316 e. The number of carbonyl (C=O) groups is 2. The maximum Gasteiger partial charge on any atom is 0.316 e. The van der Waals surface area contributed by atoms with E-state index in [-0.39, 0.29) is 17.9 Å². The normalized spacial score (nSPS) is 26.2. The van der Waals surface area contributed by atoms with E-state index in [4.69, 9.17) is 9.47 Å². The first-order valence-electron chi connectivity index (χ1n) is 8.36. The molecule has 128 valence electrons. The highest BCUT2D eigenvalue weighted by molar-refractivity contribution is 5.81. The highest BCUT2D eigenvalue weighted by Gasteiger charge is 2.55. The molecule has 1 aliphatic heterocycles. The van der Waals surface area contributed by atoms with Crippen LogP contribution in [0.15, 0.2) is 36.4 Å². The van der Waals surface area contributed by atoms with Crippen LogP contribution >= 0.6 is 0 Å². The van der Waals surface area contributed by atoms with Gasteiger partial charge in [-0.1, -0.05) is 24.3 Å². The zero-order valence-electron chi connectivity index (χ0n) is 14.6. The van der Waals surface area contributed by atoms with E-state index in [2.05, 4.69) is 6.58 Å². The third-order valence-electron chi connectivity index (χ3n) is 4.95. The number of carbonyl (C=O) groups excluding carboxylic acids is 2. The third kappa shape index (κ3) is 2.97. The van der Waals surface area contributed by atoms with Crippen LogP contribution < -0.4 is 4.74 Å². The summed E-state index contributed by atoms with van der Waals surface area (Å²) in [5.41, 5.74) is 1.04. The van der Waals surface area contributed by atoms with Crippen LogP contribution in [0.1, 0.15) is 39.2 Å². The Bertz CT molecular complexity index is 698. The number of cyclic esters (lactones) is 1. The Labute approximate surface area is 142 Å². The second kappa shape index (κ2) is 5.76. The Kier molecular flexibility index (Phi) is 4.02. The van der Waals surface area contributed by atoms with Crippen LogP contribution in [-0.2, 0) is 20.7 Å². The highest BCUT2D eigenvalue weighted by Crippen LogP contribution is 2.52. The van der Waals surface area contributed by atoms with Crippen molar-refractivity contribution >= 4 is 11.9 Å². The molecule has 0 unspecified atom stereocenters. The Morgan fingerprint density at radius 1 is 1.42 bits per heavy atom. The fourth-order valence-corrected chi connectivity index (χ4v) is 3.61. The summed E-state index contributed by atoms with van der Waals surface area (Å²) < 4.78 is 10.8. The van der Waals surface area contributed by atoms with E-state index in [1.165, 1.54) is 0 Å². The number of fused-ring (bicyclic) bond motifs is 1. The molecule has 0 N–H and O–H groups in total. The number of benzene rings is 1. The number of hydrogen-bond acceptors (Lipinski definition) is 4. The van der Waals surface area contributed by atoms with Gasteiger partial charge in [0.25, 0.3) is 0 Å². The molecule has 1 aromatic rings. The van der Waals surface area contributed by atoms with Crippen molar-refractivity contribution in [1.29, 1.82) is 0 Å². The molecule has 4 heteroatoms. The second-order valence-electron chi connectivity index (χ2n) is 8.05. The summed E-state index contributed by atoms with van der Waals surface area (Å²) in [5.74, 6) is 0.329. The van der Waals surface area contributed by atoms with Crippen molar-refractivity contribution in [2.75, 3.05) is 6.61 Å². The van der Waals surface area contributed by atoms with Crippen molar-refractivity contribution in [3.05, 3.63) is 42.0 Å². The Balaban J connectivity index is 1.81. The van der Waals surface area contributed by atoms with Gasteiger partial charge < -0.3 is 9.47 Å². The average molecular weight is 328 g/mol. The SMILES string of the molecule is C=C1C[C@H]2COC(=O)[C@@]2(Cc2cccc(OC(=O)C(C)(C)C)c2)C1. The van der Waals surface area contributed by atoms with Gasteiger partial charge >= 0.3 is 11.9 Å². The van der Waals surface area contributed by atoms with Gasteiger partial charge in [-0.2, -0.15) is 0 Å². The predicted octanol–water partition coefficient (Wildman–Crippen LogP) is 3.69. The lowest BCUT2D eigenvalue weighted by molar-refractivity contribution is -0.146. The fourth-order valence-electron chi connectivity index (χ4n) is 3.61. The van der Waals surface area contributed by atoms with Gasteiger partial charge in [0.15, 0.2) is 0 Å². The van der Waals surface area contributed by atoms with Crippen molar-refractivity contribution in [2.24, 2.45) is 16.7 Å². The van der Waals surface area contributed by atoms with Crippen molar-refractivity contribution in [3.63, 3.8) is 0 Å². The maximum absolute atomic E-state index is 12.4. The number of ether oxygens (including phenoxy) is 2. The average Bonchev–Trinajstić information content (AvgIpc) is 2.94. The second-order valence-corrected chi connectivity index (χ2v) is 8.05. The van der Waals surface area contributed by atoms with Gasteiger partial charge in [0.2, 0.25) is 0 Å². The molecule has 0 amide bonds. The molecule has 4 nitrogen and oxygen atoms in total. The summed E-state index contributed by atoms with van der Waals surface area (Å²) in [5, 5.41) is 0. The molecule has 3 rings (SSSR count). The molecule has 1 aliphatic carbocycles. The summed E-state index contributed by atoms with van der Waals surface area (Å²) in [6.07, 6.45) is 2.13. The zero-order chi connectivity index (χ0) is 17.5. The number of hydrogen-bond donors (Lipinski definition) is 0. The van der Waals surface area contributed by atoms with E-state index in [9.17, 15) is 9.59 Å². The van der Waals surface area contributed by atoms with E-state index in [1.54, 1.807) is 6.07 Å². The van der Waals surface area contributed by atoms with Crippen LogP contribution in [-0.4, -0.2) is 18.5 Å². The summed E-state index contributed by atoms with van der Waals surface area (Å²) >= 11 is 0. The van der Waals surface area contributed by atoms with Gasteiger partial charge in [0, 0.05) is 5.92 Å². The largest absolute Gasteiger partial charge is 0.465 e. The predicted molar refractivity (Wildman–Crippen MR) is 90.5 cm³/mol. The number of allylic oxidation sites excluding steroid dienone is 1. The summed E-state index contributed by atoms with van der Waals surface area (Å²) in [6, 6.07) is 7.44. The van der Waals surface area contributed by atoms with Crippen molar-refractivity contribution in [3.8, 4) is 5.75 Å². The highest BCUT2D eigenvalue weighted by atomic mass is 16.5. The first-order chi connectivity index (χ1) is 11.2. The molecule has 0 bridgehead atoms. The van der Waals surface area contributed by atoms with Crippen LogP contribution in [0.3, 0.4) is 0 Å². The van der Waals surface area contributed by atoms with Crippen LogP contribution in [0.25, 0.3) is 0 Å². The summed E-state index contributed by atoms with van der Waals surface area (Å²) in [6.45, 7) is 10.0. The van der Waals surface area contributed by atoms with Crippen molar-refractivity contribution < 1.29 is 19.1 Å². The molecule has 0 spiro atoms.